The Morgan fingerprint density at radius 2 is 2.12 bits per heavy atom. The minimum atomic E-state index is -0.0675. The summed E-state index contributed by atoms with van der Waals surface area (Å²) in [6.07, 6.45) is 5.70. The van der Waals surface area contributed by atoms with Crippen LogP contribution in [-0.2, 0) is 18.4 Å². The van der Waals surface area contributed by atoms with Gasteiger partial charge in [-0.25, -0.2) is 4.98 Å². The van der Waals surface area contributed by atoms with Gasteiger partial charge in [0.05, 0.1) is 12.1 Å². The number of aromatic nitrogens is 3. The summed E-state index contributed by atoms with van der Waals surface area (Å²) in [6.45, 7) is 8.12. The molecule has 1 aliphatic rings. The van der Waals surface area contributed by atoms with Crippen LogP contribution >= 0.6 is 0 Å². The predicted octanol–water partition coefficient (Wildman–Crippen LogP) is 1.28. The van der Waals surface area contributed by atoms with E-state index in [4.69, 9.17) is 0 Å². The number of rotatable bonds is 7. The van der Waals surface area contributed by atoms with Crippen molar-refractivity contribution in [1.29, 1.82) is 0 Å². The van der Waals surface area contributed by atoms with Gasteiger partial charge in [0.15, 0.2) is 0 Å². The van der Waals surface area contributed by atoms with Gasteiger partial charge in [-0.3, -0.25) is 9.48 Å². The summed E-state index contributed by atoms with van der Waals surface area (Å²) in [4.78, 5) is 19.4. The Labute approximate surface area is 154 Å². The Morgan fingerprint density at radius 1 is 1.31 bits per heavy atom. The Hall–Kier alpha value is -2.41. The lowest BCUT2D eigenvalue weighted by Crippen LogP contribution is -2.34. The van der Waals surface area contributed by atoms with E-state index in [1.54, 1.807) is 4.68 Å². The molecule has 2 atom stereocenters. The number of carbonyl (C=O) groups is 1. The van der Waals surface area contributed by atoms with Crippen molar-refractivity contribution in [3.05, 3.63) is 41.9 Å². The van der Waals surface area contributed by atoms with Crippen LogP contribution in [0.15, 0.2) is 30.7 Å². The number of anilines is 1. The summed E-state index contributed by atoms with van der Waals surface area (Å²) in [5, 5.41) is 10.6. The molecule has 0 bridgehead atoms. The Kier molecular flexibility index (Phi) is 5.88. The zero-order valence-electron chi connectivity index (χ0n) is 15.8. The summed E-state index contributed by atoms with van der Waals surface area (Å²) in [5.74, 6) is 1.16. The lowest BCUT2D eigenvalue weighted by atomic mass is 9.90. The van der Waals surface area contributed by atoms with E-state index in [9.17, 15) is 4.79 Å². The average molecular weight is 356 g/mol. The number of hydrogen-bond donors (Lipinski definition) is 2. The number of aryl methyl sites for hydroxylation is 1. The summed E-state index contributed by atoms with van der Waals surface area (Å²) >= 11 is 0. The predicted molar refractivity (Wildman–Crippen MR) is 102 cm³/mol. The molecule has 1 fully saturated rings. The number of carbonyl (C=O) groups excluding carboxylic acids is 1. The normalized spacial score (nSPS) is 19.5. The van der Waals surface area contributed by atoms with Gasteiger partial charge >= 0.3 is 0 Å². The molecule has 3 rings (SSSR count). The van der Waals surface area contributed by atoms with Crippen molar-refractivity contribution in [3.63, 3.8) is 0 Å². The molecule has 0 saturated carbocycles. The molecule has 2 aromatic heterocycles. The van der Waals surface area contributed by atoms with Gasteiger partial charge in [0, 0.05) is 58.1 Å². The first-order valence-electron chi connectivity index (χ1n) is 9.29. The molecule has 2 aromatic rings. The van der Waals surface area contributed by atoms with E-state index in [1.807, 2.05) is 37.8 Å². The lowest BCUT2D eigenvalue weighted by molar-refractivity contribution is -0.125. The van der Waals surface area contributed by atoms with Crippen LogP contribution in [0.25, 0.3) is 0 Å². The fourth-order valence-electron chi connectivity index (χ4n) is 3.51. The maximum absolute atomic E-state index is 12.7. The molecule has 3 heterocycles. The fourth-order valence-corrected chi connectivity index (χ4v) is 3.51. The van der Waals surface area contributed by atoms with Crippen LogP contribution < -0.4 is 15.5 Å². The first-order valence-corrected chi connectivity index (χ1v) is 9.29. The number of nitrogens with zero attached hydrogens (tertiary/aromatic N) is 4. The maximum atomic E-state index is 12.7. The summed E-state index contributed by atoms with van der Waals surface area (Å²) in [7, 11) is 1.90. The van der Waals surface area contributed by atoms with Gasteiger partial charge in [-0.2, -0.15) is 5.10 Å². The van der Waals surface area contributed by atoms with Crippen LogP contribution in [0.1, 0.15) is 30.9 Å². The largest absolute Gasteiger partial charge is 0.357 e. The molecule has 0 spiro atoms. The first kappa shape index (κ1) is 18.4. The minimum Gasteiger partial charge on any atom is -0.357 e. The molecule has 2 N–H and O–H groups in total. The zero-order valence-corrected chi connectivity index (χ0v) is 15.8. The van der Waals surface area contributed by atoms with E-state index < -0.39 is 0 Å². The van der Waals surface area contributed by atoms with Crippen molar-refractivity contribution in [3.8, 4) is 0 Å². The first-order chi connectivity index (χ1) is 12.6. The van der Waals surface area contributed by atoms with Crippen molar-refractivity contribution in [2.45, 2.75) is 26.3 Å². The number of hydrogen-bond acceptors (Lipinski definition) is 5. The van der Waals surface area contributed by atoms with Gasteiger partial charge < -0.3 is 15.5 Å². The van der Waals surface area contributed by atoms with E-state index in [0.717, 1.165) is 36.6 Å². The van der Waals surface area contributed by atoms with E-state index in [1.165, 1.54) is 0 Å². The summed E-state index contributed by atoms with van der Waals surface area (Å²) in [6, 6.07) is 4.05. The fraction of sp³-hybridized carbons (Fsp3) is 0.526. The summed E-state index contributed by atoms with van der Waals surface area (Å²) in [5.41, 5.74) is 2.13. The second-order valence-corrected chi connectivity index (χ2v) is 6.73. The molecule has 26 heavy (non-hydrogen) atoms. The summed E-state index contributed by atoms with van der Waals surface area (Å²) < 4.78 is 1.78. The smallest absolute Gasteiger partial charge is 0.225 e. The Bertz CT molecular complexity index is 722. The molecular formula is C19H28N6O. The molecular weight excluding hydrogens is 328 g/mol. The second-order valence-electron chi connectivity index (χ2n) is 6.73. The van der Waals surface area contributed by atoms with E-state index in [-0.39, 0.29) is 17.7 Å². The van der Waals surface area contributed by atoms with Crippen molar-refractivity contribution in [2.75, 3.05) is 31.1 Å². The van der Waals surface area contributed by atoms with Gasteiger partial charge in [0.2, 0.25) is 5.91 Å². The van der Waals surface area contributed by atoms with Crippen molar-refractivity contribution >= 4 is 11.7 Å². The second kappa shape index (κ2) is 8.31. The van der Waals surface area contributed by atoms with Gasteiger partial charge in [-0.15, -0.1) is 0 Å². The van der Waals surface area contributed by atoms with Gasteiger partial charge in [-0.1, -0.05) is 6.07 Å². The van der Waals surface area contributed by atoms with Crippen LogP contribution in [0.4, 0.5) is 5.82 Å². The van der Waals surface area contributed by atoms with Crippen LogP contribution in [0.3, 0.4) is 0 Å². The highest BCUT2D eigenvalue weighted by molar-refractivity contribution is 5.80. The maximum Gasteiger partial charge on any atom is 0.225 e. The molecule has 1 amide bonds. The van der Waals surface area contributed by atoms with Gasteiger partial charge in [0.25, 0.3) is 0 Å². The third-order valence-corrected chi connectivity index (χ3v) is 5.07. The SMILES string of the molecule is CCN(CC)c1ccc(CNC(=O)[C@H]2CNC[C@@H]2c2cnn(C)c2)cn1. The van der Waals surface area contributed by atoms with Gasteiger partial charge in [-0.05, 0) is 31.0 Å². The topological polar surface area (TPSA) is 75.1 Å². The van der Waals surface area contributed by atoms with E-state index in [0.29, 0.717) is 13.1 Å². The standard InChI is InChI=1S/C19H28N6O/c1-4-25(5-2)18-7-6-14(8-21-18)9-22-19(26)17-12-20-11-16(17)15-10-23-24(3)13-15/h6-8,10,13,16-17,20H,4-5,9,11-12H2,1-3H3,(H,22,26)/t16-,17+/m1/s1. The number of amides is 1. The van der Waals surface area contributed by atoms with E-state index in [2.05, 4.69) is 39.5 Å². The number of nitrogens with one attached hydrogen (secondary N) is 2. The zero-order chi connectivity index (χ0) is 18.5. The van der Waals surface area contributed by atoms with Gasteiger partial charge in [0.1, 0.15) is 5.82 Å². The minimum absolute atomic E-state index is 0.0675. The Morgan fingerprint density at radius 3 is 2.73 bits per heavy atom. The molecule has 140 valence electrons. The molecule has 7 nitrogen and oxygen atoms in total. The lowest BCUT2D eigenvalue weighted by Gasteiger charge is -2.20. The highest BCUT2D eigenvalue weighted by Crippen LogP contribution is 2.28. The van der Waals surface area contributed by atoms with Crippen LogP contribution in [-0.4, -0.2) is 46.9 Å². The molecule has 0 aromatic carbocycles. The molecule has 0 unspecified atom stereocenters. The van der Waals surface area contributed by atoms with Crippen LogP contribution in [0.5, 0.6) is 0 Å². The molecule has 7 heteroatoms. The quantitative estimate of drug-likeness (QED) is 0.782. The van der Waals surface area contributed by atoms with Crippen LogP contribution in [0.2, 0.25) is 0 Å². The third-order valence-electron chi connectivity index (χ3n) is 5.07. The Balaban J connectivity index is 1.58. The van der Waals surface area contributed by atoms with Crippen LogP contribution in [0, 0.1) is 5.92 Å². The molecule has 0 radical (unpaired) electrons. The monoisotopic (exact) mass is 356 g/mol. The average Bonchev–Trinajstić information content (AvgIpc) is 3.30. The molecule has 1 aliphatic heterocycles. The molecule has 0 aliphatic carbocycles. The highest BCUT2D eigenvalue weighted by atomic mass is 16.1. The van der Waals surface area contributed by atoms with Crippen molar-refractivity contribution < 1.29 is 4.79 Å². The van der Waals surface area contributed by atoms with Crippen molar-refractivity contribution in [2.24, 2.45) is 13.0 Å². The highest BCUT2D eigenvalue weighted by Gasteiger charge is 2.34. The van der Waals surface area contributed by atoms with Crippen molar-refractivity contribution in [1.82, 2.24) is 25.4 Å². The van der Waals surface area contributed by atoms with E-state index >= 15 is 0 Å². The molecule has 1 saturated heterocycles. The number of pyridine rings is 1. The third kappa shape index (κ3) is 4.04.